The van der Waals surface area contributed by atoms with Crippen molar-refractivity contribution in [2.75, 3.05) is 25.1 Å². The summed E-state index contributed by atoms with van der Waals surface area (Å²) in [6, 6.07) is 14.5. The van der Waals surface area contributed by atoms with Crippen LogP contribution >= 0.6 is 0 Å². The normalized spacial score (nSPS) is 15.8. The predicted octanol–water partition coefficient (Wildman–Crippen LogP) is 3.61. The summed E-state index contributed by atoms with van der Waals surface area (Å²) in [6.07, 6.45) is 3.71. The number of nitrogens with zero attached hydrogens (tertiary/aromatic N) is 2. The lowest BCUT2D eigenvalue weighted by Gasteiger charge is -2.38. The van der Waals surface area contributed by atoms with E-state index in [1.807, 2.05) is 19.1 Å². The van der Waals surface area contributed by atoms with E-state index in [9.17, 15) is 4.79 Å². The van der Waals surface area contributed by atoms with E-state index in [1.54, 1.807) is 13.1 Å². The Labute approximate surface area is 170 Å². The van der Waals surface area contributed by atoms with Crippen molar-refractivity contribution >= 4 is 5.82 Å². The number of aromatic amines is 1. The van der Waals surface area contributed by atoms with Crippen molar-refractivity contribution < 1.29 is 4.74 Å². The first-order valence-electron chi connectivity index (χ1n) is 9.98. The Morgan fingerprint density at radius 1 is 1.10 bits per heavy atom. The lowest BCUT2D eigenvalue weighted by Crippen LogP contribution is -2.40. The van der Waals surface area contributed by atoms with Gasteiger partial charge in [-0.05, 0) is 44.4 Å². The molecule has 0 radical (unpaired) electrons. The molecule has 29 heavy (non-hydrogen) atoms. The van der Waals surface area contributed by atoms with Crippen LogP contribution in [-0.4, -0.2) is 34.7 Å². The Kier molecular flexibility index (Phi) is 5.45. The molecule has 150 valence electrons. The maximum Gasteiger partial charge on any atom is 0.254 e. The third kappa shape index (κ3) is 4.07. The van der Waals surface area contributed by atoms with Gasteiger partial charge in [0.25, 0.3) is 5.56 Å². The quantitative estimate of drug-likeness (QED) is 0.696. The number of ether oxygens (including phenoxy) is 1. The second kappa shape index (κ2) is 8.17. The van der Waals surface area contributed by atoms with Gasteiger partial charge in [0.05, 0.1) is 0 Å². The highest BCUT2D eigenvalue weighted by molar-refractivity contribution is 5.56. The third-order valence-corrected chi connectivity index (χ3v) is 5.88. The van der Waals surface area contributed by atoms with E-state index >= 15 is 0 Å². The van der Waals surface area contributed by atoms with Gasteiger partial charge in [-0.25, -0.2) is 9.97 Å². The third-order valence-electron chi connectivity index (χ3n) is 5.88. The van der Waals surface area contributed by atoms with Crippen LogP contribution in [0.5, 0.6) is 0 Å². The molecule has 3 heterocycles. The highest BCUT2D eigenvalue weighted by Crippen LogP contribution is 2.35. The largest absolute Gasteiger partial charge is 0.381 e. The Balaban J connectivity index is 1.52. The highest BCUT2D eigenvalue weighted by atomic mass is 16.5. The van der Waals surface area contributed by atoms with Gasteiger partial charge < -0.3 is 15.0 Å². The number of pyridine rings is 1. The summed E-state index contributed by atoms with van der Waals surface area (Å²) in [6.45, 7) is 5.96. The Morgan fingerprint density at radius 3 is 2.52 bits per heavy atom. The van der Waals surface area contributed by atoms with Gasteiger partial charge >= 0.3 is 0 Å². The monoisotopic (exact) mass is 390 g/mol. The van der Waals surface area contributed by atoms with Crippen molar-refractivity contribution in [2.45, 2.75) is 32.1 Å². The van der Waals surface area contributed by atoms with Gasteiger partial charge in [-0.3, -0.25) is 4.79 Å². The van der Waals surface area contributed by atoms with Crippen molar-refractivity contribution in [1.82, 2.24) is 15.0 Å². The molecule has 0 amide bonds. The van der Waals surface area contributed by atoms with Gasteiger partial charge in [0.15, 0.2) is 0 Å². The fourth-order valence-electron chi connectivity index (χ4n) is 3.80. The van der Waals surface area contributed by atoms with Crippen LogP contribution in [-0.2, 0) is 10.2 Å². The molecular weight excluding hydrogens is 364 g/mol. The molecule has 0 saturated carbocycles. The molecule has 1 aliphatic rings. The zero-order chi connectivity index (χ0) is 20.3. The van der Waals surface area contributed by atoms with Crippen molar-refractivity contribution in [1.29, 1.82) is 0 Å². The Morgan fingerprint density at radius 2 is 1.86 bits per heavy atom. The first-order valence-corrected chi connectivity index (χ1v) is 9.98. The first kappa shape index (κ1) is 19.3. The van der Waals surface area contributed by atoms with Gasteiger partial charge in [-0.1, -0.05) is 30.3 Å². The Bertz CT molecular complexity index is 1020. The van der Waals surface area contributed by atoms with E-state index in [2.05, 4.69) is 50.6 Å². The maximum absolute atomic E-state index is 12.0. The standard InChI is InChI=1S/C23H26N4O2/c1-16-17(2)26-21(27-22(16)28)18-8-9-20(24-14-18)25-15-23(10-12-29-13-11-23)19-6-4-3-5-7-19/h3-9,14H,10-13,15H2,1-2H3,(H,24,25)(H,26,27,28). The molecule has 6 heteroatoms. The minimum Gasteiger partial charge on any atom is -0.381 e. The van der Waals surface area contributed by atoms with Gasteiger partial charge in [0, 0.05) is 48.2 Å². The lowest BCUT2D eigenvalue weighted by molar-refractivity contribution is 0.0543. The molecular formula is C23H26N4O2. The second-order valence-corrected chi connectivity index (χ2v) is 7.67. The average Bonchev–Trinajstić information content (AvgIpc) is 2.77. The SMILES string of the molecule is Cc1nc(-c2ccc(NCC3(c4ccccc4)CCOCC3)nc2)[nH]c(=O)c1C. The number of nitrogens with one attached hydrogen (secondary N) is 2. The lowest BCUT2D eigenvalue weighted by atomic mass is 9.74. The van der Waals surface area contributed by atoms with Crippen LogP contribution in [0.4, 0.5) is 5.82 Å². The van der Waals surface area contributed by atoms with Crippen LogP contribution in [0, 0.1) is 13.8 Å². The van der Waals surface area contributed by atoms with Crippen molar-refractivity contribution in [3.63, 3.8) is 0 Å². The Hall–Kier alpha value is -2.99. The molecule has 2 aromatic heterocycles. The number of hydrogen-bond donors (Lipinski definition) is 2. The summed E-state index contributed by atoms with van der Waals surface area (Å²) in [5, 5.41) is 3.51. The summed E-state index contributed by atoms with van der Waals surface area (Å²) in [5.74, 6) is 1.35. The molecule has 1 aromatic carbocycles. The van der Waals surface area contributed by atoms with E-state index in [1.165, 1.54) is 5.56 Å². The highest BCUT2D eigenvalue weighted by Gasteiger charge is 2.34. The maximum atomic E-state index is 12.0. The van der Waals surface area contributed by atoms with Gasteiger partial charge in [-0.2, -0.15) is 0 Å². The minimum atomic E-state index is -0.112. The second-order valence-electron chi connectivity index (χ2n) is 7.67. The van der Waals surface area contributed by atoms with E-state index in [0.717, 1.165) is 49.7 Å². The van der Waals surface area contributed by atoms with E-state index in [-0.39, 0.29) is 11.0 Å². The van der Waals surface area contributed by atoms with Crippen LogP contribution in [0.2, 0.25) is 0 Å². The fraction of sp³-hybridized carbons (Fsp3) is 0.348. The molecule has 1 saturated heterocycles. The summed E-state index contributed by atoms with van der Waals surface area (Å²) in [7, 11) is 0. The number of H-pyrrole nitrogens is 1. The van der Waals surface area contributed by atoms with E-state index in [0.29, 0.717) is 11.4 Å². The van der Waals surface area contributed by atoms with Crippen molar-refractivity contribution in [3.8, 4) is 11.4 Å². The molecule has 0 aliphatic carbocycles. The molecule has 4 rings (SSSR count). The number of aromatic nitrogens is 3. The molecule has 2 N–H and O–H groups in total. The van der Waals surface area contributed by atoms with Crippen LogP contribution < -0.4 is 10.9 Å². The molecule has 0 spiro atoms. The smallest absolute Gasteiger partial charge is 0.254 e. The summed E-state index contributed by atoms with van der Waals surface area (Å²) in [5.41, 5.74) is 3.43. The molecule has 6 nitrogen and oxygen atoms in total. The summed E-state index contributed by atoms with van der Waals surface area (Å²) < 4.78 is 5.61. The van der Waals surface area contributed by atoms with Gasteiger partial charge in [0.1, 0.15) is 11.6 Å². The summed E-state index contributed by atoms with van der Waals surface area (Å²) in [4.78, 5) is 23.8. The van der Waals surface area contributed by atoms with E-state index < -0.39 is 0 Å². The molecule has 1 aliphatic heterocycles. The zero-order valence-electron chi connectivity index (χ0n) is 16.9. The predicted molar refractivity (Wildman–Crippen MR) is 114 cm³/mol. The first-order chi connectivity index (χ1) is 14.1. The molecule has 0 atom stereocenters. The number of benzene rings is 1. The summed E-state index contributed by atoms with van der Waals surface area (Å²) >= 11 is 0. The van der Waals surface area contributed by atoms with Crippen LogP contribution in [0.15, 0.2) is 53.5 Å². The minimum absolute atomic E-state index is 0.0424. The molecule has 1 fully saturated rings. The van der Waals surface area contributed by atoms with Crippen molar-refractivity contribution in [2.24, 2.45) is 0 Å². The molecule has 0 unspecified atom stereocenters. The van der Waals surface area contributed by atoms with Gasteiger partial charge in [-0.15, -0.1) is 0 Å². The molecule has 0 bridgehead atoms. The zero-order valence-corrected chi connectivity index (χ0v) is 16.9. The number of hydrogen-bond acceptors (Lipinski definition) is 5. The average molecular weight is 390 g/mol. The van der Waals surface area contributed by atoms with Crippen LogP contribution in [0.3, 0.4) is 0 Å². The van der Waals surface area contributed by atoms with Gasteiger partial charge in [0.2, 0.25) is 0 Å². The fourth-order valence-corrected chi connectivity index (χ4v) is 3.80. The number of anilines is 1. The van der Waals surface area contributed by atoms with Crippen molar-refractivity contribution in [3.05, 3.63) is 75.8 Å². The van der Waals surface area contributed by atoms with E-state index in [4.69, 9.17) is 4.74 Å². The van der Waals surface area contributed by atoms with Crippen LogP contribution in [0.25, 0.3) is 11.4 Å². The number of aryl methyl sites for hydroxylation is 1. The number of rotatable bonds is 5. The van der Waals surface area contributed by atoms with Crippen LogP contribution in [0.1, 0.15) is 29.7 Å². The topological polar surface area (TPSA) is 79.9 Å². The molecule has 3 aromatic rings.